The highest BCUT2D eigenvalue weighted by molar-refractivity contribution is 5.78. The van der Waals surface area contributed by atoms with Crippen molar-refractivity contribution in [1.82, 2.24) is 0 Å². The molecule has 0 aliphatic rings. The Morgan fingerprint density at radius 1 is 1.38 bits per heavy atom. The monoisotopic (exact) mass is 299 g/mol. The van der Waals surface area contributed by atoms with E-state index < -0.39 is 17.8 Å². The lowest BCUT2D eigenvalue weighted by molar-refractivity contribution is -0.178. The van der Waals surface area contributed by atoms with Gasteiger partial charge < -0.3 is 9.57 Å². The van der Waals surface area contributed by atoms with E-state index in [1.54, 1.807) is 0 Å². The van der Waals surface area contributed by atoms with Crippen LogP contribution in [-0.2, 0) is 21.0 Å². The van der Waals surface area contributed by atoms with Crippen molar-refractivity contribution in [3.63, 3.8) is 0 Å². The molecule has 0 N–H and O–H groups in total. The lowest BCUT2D eigenvalue weighted by atomic mass is 10.0. The van der Waals surface area contributed by atoms with Gasteiger partial charge in [-0.3, -0.25) is 0 Å². The van der Waals surface area contributed by atoms with Gasteiger partial charge in [0, 0.05) is 12.1 Å². The first kappa shape index (κ1) is 17.1. The lowest BCUT2D eigenvalue weighted by Gasteiger charge is -2.19. The molecule has 0 aliphatic carbocycles. The molecule has 1 atom stereocenters. The molecule has 0 saturated heterocycles. The molecule has 1 aromatic carbocycles. The number of hydrogen-bond donors (Lipinski definition) is 0. The highest BCUT2D eigenvalue weighted by atomic mass is 19.3. The summed E-state index contributed by atoms with van der Waals surface area (Å²) >= 11 is 0. The fourth-order valence-electron chi connectivity index (χ4n) is 1.52. The summed E-state index contributed by atoms with van der Waals surface area (Å²) in [5, 5.41) is 3.62. The fourth-order valence-corrected chi connectivity index (χ4v) is 1.52. The molecule has 21 heavy (non-hydrogen) atoms. The maximum absolute atomic E-state index is 13.6. The van der Waals surface area contributed by atoms with Gasteiger partial charge in [-0.1, -0.05) is 42.4 Å². The standard InChI is InChI=1S/C15H19F2NO3/c1-3-20-14(19)15(16,17)12(2)9-10-18-21-11-13-7-5-4-6-8-13/h4-8,10,12H,3,9,11H2,1-2H3/b18-10+. The van der Waals surface area contributed by atoms with E-state index >= 15 is 0 Å². The smallest absolute Gasteiger partial charge is 0.377 e. The third kappa shape index (κ3) is 5.49. The predicted octanol–water partition coefficient (Wildman–Crippen LogP) is 3.41. The predicted molar refractivity (Wildman–Crippen MR) is 75.1 cm³/mol. The molecule has 0 aliphatic heterocycles. The van der Waals surface area contributed by atoms with E-state index in [2.05, 4.69) is 9.89 Å². The minimum atomic E-state index is -3.53. The summed E-state index contributed by atoms with van der Waals surface area (Å²) in [6.45, 7) is 2.94. The van der Waals surface area contributed by atoms with Gasteiger partial charge in [-0.05, 0) is 18.9 Å². The number of esters is 1. The molecule has 1 rings (SSSR count). The molecule has 0 fully saturated rings. The number of alkyl halides is 2. The van der Waals surface area contributed by atoms with Gasteiger partial charge >= 0.3 is 11.9 Å². The second-order valence-corrected chi connectivity index (χ2v) is 4.53. The quantitative estimate of drug-likeness (QED) is 0.420. The number of ether oxygens (including phenoxy) is 1. The molecule has 0 amide bonds. The van der Waals surface area contributed by atoms with Gasteiger partial charge in [0.15, 0.2) is 0 Å². The summed E-state index contributed by atoms with van der Waals surface area (Å²) in [5.41, 5.74) is 0.930. The SMILES string of the molecule is CCOC(=O)C(F)(F)C(C)C/C=N/OCc1ccccc1. The Morgan fingerprint density at radius 2 is 2.05 bits per heavy atom. The summed E-state index contributed by atoms with van der Waals surface area (Å²) in [7, 11) is 0. The van der Waals surface area contributed by atoms with E-state index in [0.29, 0.717) is 0 Å². The third-order valence-electron chi connectivity index (χ3n) is 2.85. The molecular formula is C15H19F2NO3. The molecule has 116 valence electrons. The Hall–Kier alpha value is -1.98. The molecule has 0 saturated carbocycles. The van der Waals surface area contributed by atoms with Crippen LogP contribution in [0.3, 0.4) is 0 Å². The van der Waals surface area contributed by atoms with Crippen molar-refractivity contribution in [3.05, 3.63) is 35.9 Å². The average molecular weight is 299 g/mol. The zero-order valence-electron chi connectivity index (χ0n) is 12.1. The normalized spacial score (nSPS) is 13.1. The molecule has 0 aromatic heterocycles. The van der Waals surface area contributed by atoms with Crippen LogP contribution >= 0.6 is 0 Å². The summed E-state index contributed by atoms with van der Waals surface area (Å²) in [5.74, 6) is -6.24. The number of halogens is 2. The van der Waals surface area contributed by atoms with Crippen molar-refractivity contribution in [3.8, 4) is 0 Å². The molecule has 0 radical (unpaired) electrons. The number of rotatable bonds is 8. The first-order valence-electron chi connectivity index (χ1n) is 6.71. The van der Waals surface area contributed by atoms with E-state index in [-0.39, 0.29) is 19.6 Å². The topological polar surface area (TPSA) is 47.9 Å². The summed E-state index contributed by atoms with van der Waals surface area (Å²) in [4.78, 5) is 16.1. The molecule has 6 heteroatoms. The van der Waals surface area contributed by atoms with E-state index in [4.69, 9.17) is 4.84 Å². The molecule has 1 unspecified atom stereocenters. The van der Waals surface area contributed by atoms with Crippen molar-refractivity contribution in [1.29, 1.82) is 0 Å². The van der Waals surface area contributed by atoms with Crippen molar-refractivity contribution >= 4 is 12.2 Å². The minimum absolute atomic E-state index is 0.0740. The van der Waals surface area contributed by atoms with Crippen LogP contribution in [0, 0.1) is 5.92 Å². The van der Waals surface area contributed by atoms with Crippen LogP contribution < -0.4 is 0 Å². The molecule has 4 nitrogen and oxygen atoms in total. The van der Waals surface area contributed by atoms with Crippen LogP contribution in [-0.4, -0.2) is 24.7 Å². The largest absolute Gasteiger partial charge is 0.462 e. The first-order valence-corrected chi connectivity index (χ1v) is 6.71. The van der Waals surface area contributed by atoms with Crippen molar-refractivity contribution in [2.75, 3.05) is 6.61 Å². The van der Waals surface area contributed by atoms with Crippen molar-refractivity contribution in [2.24, 2.45) is 11.1 Å². The summed E-state index contributed by atoms with van der Waals surface area (Å²) in [6.07, 6.45) is 1.15. The van der Waals surface area contributed by atoms with E-state index in [0.717, 1.165) is 5.56 Å². The van der Waals surface area contributed by atoms with Gasteiger partial charge in [0.05, 0.1) is 6.61 Å². The van der Waals surface area contributed by atoms with Crippen LogP contribution in [0.1, 0.15) is 25.8 Å². The summed E-state index contributed by atoms with van der Waals surface area (Å²) < 4.78 is 31.5. The molecule has 1 aromatic rings. The molecular weight excluding hydrogens is 280 g/mol. The van der Waals surface area contributed by atoms with E-state index in [9.17, 15) is 13.6 Å². The van der Waals surface area contributed by atoms with E-state index in [1.165, 1.54) is 20.1 Å². The Bertz CT molecular complexity index is 463. The van der Waals surface area contributed by atoms with Crippen LogP contribution in [0.15, 0.2) is 35.5 Å². The van der Waals surface area contributed by atoms with Crippen LogP contribution in [0.25, 0.3) is 0 Å². The number of benzene rings is 1. The minimum Gasteiger partial charge on any atom is -0.462 e. The zero-order chi connectivity index (χ0) is 15.7. The van der Waals surface area contributed by atoms with Crippen molar-refractivity contribution in [2.45, 2.75) is 32.8 Å². The van der Waals surface area contributed by atoms with Crippen molar-refractivity contribution < 1.29 is 23.1 Å². The first-order chi connectivity index (χ1) is 9.98. The van der Waals surface area contributed by atoms with Crippen LogP contribution in [0.4, 0.5) is 8.78 Å². The van der Waals surface area contributed by atoms with Gasteiger partial charge in [-0.15, -0.1) is 0 Å². The van der Waals surface area contributed by atoms with Gasteiger partial charge in [0.2, 0.25) is 0 Å². The number of hydrogen-bond acceptors (Lipinski definition) is 4. The van der Waals surface area contributed by atoms with Gasteiger partial charge in [0.1, 0.15) is 6.61 Å². The number of nitrogens with zero attached hydrogens (tertiary/aromatic N) is 1. The number of carbonyl (C=O) groups is 1. The Balaban J connectivity index is 2.36. The fraction of sp³-hybridized carbons (Fsp3) is 0.467. The summed E-state index contributed by atoms with van der Waals surface area (Å²) in [6, 6.07) is 9.35. The van der Waals surface area contributed by atoms with E-state index in [1.807, 2.05) is 30.3 Å². The Kier molecular flexibility index (Phi) is 6.78. The Morgan fingerprint density at radius 3 is 2.67 bits per heavy atom. The highest BCUT2D eigenvalue weighted by Crippen LogP contribution is 2.27. The van der Waals surface area contributed by atoms with Gasteiger partial charge in [-0.25, -0.2) is 4.79 Å². The molecule has 0 spiro atoms. The number of oxime groups is 1. The average Bonchev–Trinajstić information content (AvgIpc) is 2.48. The van der Waals surface area contributed by atoms with Crippen LogP contribution in [0.2, 0.25) is 0 Å². The zero-order valence-corrected chi connectivity index (χ0v) is 12.1. The maximum Gasteiger partial charge on any atom is 0.377 e. The second kappa shape index (κ2) is 8.34. The number of carbonyl (C=O) groups excluding carboxylic acids is 1. The van der Waals surface area contributed by atoms with Gasteiger partial charge in [0.25, 0.3) is 0 Å². The van der Waals surface area contributed by atoms with Crippen LogP contribution in [0.5, 0.6) is 0 Å². The molecule has 0 heterocycles. The maximum atomic E-state index is 13.6. The lowest BCUT2D eigenvalue weighted by Crippen LogP contribution is -2.37. The second-order valence-electron chi connectivity index (χ2n) is 4.53. The third-order valence-corrected chi connectivity index (χ3v) is 2.85. The molecule has 0 bridgehead atoms. The van der Waals surface area contributed by atoms with Gasteiger partial charge in [-0.2, -0.15) is 8.78 Å². The Labute approximate surface area is 122 Å². The highest BCUT2D eigenvalue weighted by Gasteiger charge is 2.45.